The molecule has 1 aliphatic carbocycles. The molecule has 1 aliphatic heterocycles. The maximum atomic E-state index is 12.6. The molecule has 0 unspecified atom stereocenters. The molecular formula is C21H21NO5. The lowest BCUT2D eigenvalue weighted by Gasteiger charge is -2.35. The third kappa shape index (κ3) is 3.17. The minimum Gasteiger partial charge on any atom is -0.480 e. The second-order valence-electron chi connectivity index (χ2n) is 6.95. The van der Waals surface area contributed by atoms with E-state index < -0.39 is 18.1 Å². The van der Waals surface area contributed by atoms with Gasteiger partial charge in [0.25, 0.3) is 0 Å². The van der Waals surface area contributed by atoms with Crippen LogP contribution >= 0.6 is 0 Å². The number of fused-ring (bicyclic) bond motifs is 3. The molecule has 2 aliphatic rings. The minimum atomic E-state index is -1.09. The van der Waals surface area contributed by atoms with Crippen LogP contribution in [0.25, 0.3) is 11.1 Å². The van der Waals surface area contributed by atoms with Gasteiger partial charge in [0.05, 0.1) is 19.3 Å². The largest absolute Gasteiger partial charge is 0.480 e. The fourth-order valence-electron chi connectivity index (χ4n) is 3.89. The Morgan fingerprint density at radius 3 is 2.30 bits per heavy atom. The van der Waals surface area contributed by atoms with Crippen molar-refractivity contribution in [3.63, 3.8) is 0 Å². The number of amides is 1. The Morgan fingerprint density at radius 1 is 1.11 bits per heavy atom. The van der Waals surface area contributed by atoms with E-state index in [0.717, 1.165) is 22.3 Å². The summed E-state index contributed by atoms with van der Waals surface area (Å²) in [5.74, 6) is -1.14. The molecule has 2 aromatic rings. The van der Waals surface area contributed by atoms with Gasteiger partial charge in [-0.05, 0) is 29.2 Å². The van der Waals surface area contributed by atoms with Crippen LogP contribution in [0.3, 0.4) is 0 Å². The van der Waals surface area contributed by atoms with Gasteiger partial charge >= 0.3 is 12.1 Å². The highest BCUT2D eigenvalue weighted by molar-refractivity contribution is 5.81. The molecule has 0 spiro atoms. The Hall–Kier alpha value is -2.86. The lowest BCUT2D eigenvalue weighted by atomic mass is 9.98. The normalized spacial score (nSPS) is 21.4. The summed E-state index contributed by atoms with van der Waals surface area (Å²) in [6.45, 7) is 2.15. The molecule has 0 aromatic heterocycles. The first-order chi connectivity index (χ1) is 13.1. The number of hydrogen-bond acceptors (Lipinski definition) is 4. The van der Waals surface area contributed by atoms with E-state index in [4.69, 9.17) is 9.47 Å². The molecule has 0 radical (unpaired) electrons. The van der Waals surface area contributed by atoms with Crippen LogP contribution in [0.15, 0.2) is 48.5 Å². The fraction of sp³-hybridized carbons (Fsp3) is 0.333. The highest BCUT2D eigenvalue weighted by Crippen LogP contribution is 2.44. The van der Waals surface area contributed by atoms with Gasteiger partial charge in [-0.25, -0.2) is 9.59 Å². The molecule has 2 atom stereocenters. The minimum absolute atomic E-state index is 0.0271. The van der Waals surface area contributed by atoms with Crippen LogP contribution in [-0.2, 0) is 14.3 Å². The number of carbonyl (C=O) groups excluding carboxylic acids is 1. The van der Waals surface area contributed by atoms with Gasteiger partial charge in [-0.2, -0.15) is 0 Å². The zero-order valence-corrected chi connectivity index (χ0v) is 15.0. The van der Waals surface area contributed by atoms with Crippen LogP contribution in [0.2, 0.25) is 0 Å². The lowest BCUT2D eigenvalue weighted by Crippen LogP contribution is -2.55. The molecule has 4 rings (SSSR count). The topological polar surface area (TPSA) is 76.1 Å². The first kappa shape index (κ1) is 17.5. The zero-order chi connectivity index (χ0) is 19.0. The molecular weight excluding hydrogens is 346 g/mol. The van der Waals surface area contributed by atoms with Gasteiger partial charge in [0.2, 0.25) is 0 Å². The number of carboxylic acids is 1. The number of rotatable bonds is 3. The monoisotopic (exact) mass is 367 g/mol. The van der Waals surface area contributed by atoms with Gasteiger partial charge in [0.1, 0.15) is 6.61 Å². The molecule has 6 nitrogen and oxygen atoms in total. The molecule has 0 bridgehead atoms. The summed E-state index contributed by atoms with van der Waals surface area (Å²) in [6.07, 6.45) is -0.833. The molecule has 6 heteroatoms. The maximum Gasteiger partial charge on any atom is 0.410 e. The maximum absolute atomic E-state index is 12.6. The average molecular weight is 367 g/mol. The van der Waals surface area contributed by atoms with Crippen LogP contribution in [0.5, 0.6) is 0 Å². The second-order valence-corrected chi connectivity index (χ2v) is 6.95. The summed E-state index contributed by atoms with van der Waals surface area (Å²) < 4.78 is 10.9. The number of morpholine rings is 1. The SMILES string of the molecule is C[C@@H]1CN(C(=O)OCC2c3ccccc3-c3ccccc32)[C@H](C(=O)O)CO1. The van der Waals surface area contributed by atoms with E-state index in [1.165, 1.54) is 4.90 Å². The number of carboxylic acid groups (broad SMARTS) is 1. The summed E-state index contributed by atoms with van der Waals surface area (Å²) in [5.41, 5.74) is 4.54. The molecule has 1 N–H and O–H groups in total. The Balaban J connectivity index is 1.53. The predicted molar refractivity (Wildman–Crippen MR) is 98.6 cm³/mol. The zero-order valence-electron chi connectivity index (χ0n) is 15.0. The van der Waals surface area contributed by atoms with E-state index >= 15 is 0 Å². The smallest absolute Gasteiger partial charge is 0.410 e. The van der Waals surface area contributed by atoms with E-state index in [-0.39, 0.29) is 31.8 Å². The number of carbonyl (C=O) groups is 2. The van der Waals surface area contributed by atoms with Crippen molar-refractivity contribution in [2.45, 2.75) is 25.0 Å². The summed E-state index contributed by atoms with van der Waals surface area (Å²) in [7, 11) is 0. The van der Waals surface area contributed by atoms with E-state index in [1.54, 1.807) is 0 Å². The van der Waals surface area contributed by atoms with Gasteiger partial charge in [0, 0.05) is 5.92 Å². The first-order valence-corrected chi connectivity index (χ1v) is 9.02. The second kappa shape index (κ2) is 7.04. The molecule has 27 heavy (non-hydrogen) atoms. The Labute approximate surface area is 157 Å². The molecule has 1 heterocycles. The van der Waals surface area contributed by atoms with Crippen LogP contribution in [0.1, 0.15) is 24.0 Å². The van der Waals surface area contributed by atoms with Gasteiger partial charge in [-0.1, -0.05) is 48.5 Å². The summed E-state index contributed by atoms with van der Waals surface area (Å²) >= 11 is 0. The van der Waals surface area contributed by atoms with Crippen molar-refractivity contribution < 1.29 is 24.2 Å². The standard InChI is InChI=1S/C21H21NO5/c1-13-10-22(19(12-26-13)20(23)24)21(25)27-11-18-16-8-4-2-6-14(16)15-7-3-5-9-17(15)18/h2-9,13,18-19H,10-12H2,1H3,(H,23,24)/t13-,19+/m1/s1. The van der Waals surface area contributed by atoms with E-state index in [0.29, 0.717) is 0 Å². The predicted octanol–water partition coefficient (Wildman–Crippen LogP) is 3.11. The molecule has 0 saturated carbocycles. The Kier molecular flexibility index (Phi) is 4.58. The molecule has 1 fully saturated rings. The Bertz CT molecular complexity index is 835. The highest BCUT2D eigenvalue weighted by Gasteiger charge is 2.37. The van der Waals surface area contributed by atoms with Crippen molar-refractivity contribution in [3.05, 3.63) is 59.7 Å². The van der Waals surface area contributed by atoms with Crippen molar-refractivity contribution in [1.82, 2.24) is 4.90 Å². The molecule has 140 valence electrons. The highest BCUT2D eigenvalue weighted by atomic mass is 16.6. The quantitative estimate of drug-likeness (QED) is 0.902. The van der Waals surface area contributed by atoms with Crippen LogP contribution in [0.4, 0.5) is 4.79 Å². The molecule has 1 amide bonds. The van der Waals surface area contributed by atoms with Crippen LogP contribution in [0, 0.1) is 0 Å². The summed E-state index contributed by atoms with van der Waals surface area (Å²) in [5, 5.41) is 9.35. The molecule has 1 saturated heterocycles. The van der Waals surface area contributed by atoms with Crippen molar-refractivity contribution in [2.24, 2.45) is 0 Å². The van der Waals surface area contributed by atoms with Crippen molar-refractivity contribution in [3.8, 4) is 11.1 Å². The third-order valence-electron chi connectivity index (χ3n) is 5.22. The summed E-state index contributed by atoms with van der Waals surface area (Å²) in [6, 6.07) is 15.2. The van der Waals surface area contributed by atoms with E-state index in [1.807, 2.05) is 43.3 Å². The number of aliphatic carboxylic acids is 1. The van der Waals surface area contributed by atoms with Gasteiger partial charge in [-0.3, -0.25) is 4.90 Å². The average Bonchev–Trinajstić information content (AvgIpc) is 3.00. The molecule has 2 aromatic carbocycles. The fourth-order valence-corrected chi connectivity index (χ4v) is 3.89. The van der Waals surface area contributed by atoms with E-state index in [9.17, 15) is 14.7 Å². The van der Waals surface area contributed by atoms with Gasteiger partial charge in [-0.15, -0.1) is 0 Å². The van der Waals surface area contributed by atoms with E-state index in [2.05, 4.69) is 12.1 Å². The number of ether oxygens (including phenoxy) is 2. The summed E-state index contributed by atoms with van der Waals surface area (Å²) in [4.78, 5) is 25.3. The lowest BCUT2D eigenvalue weighted by molar-refractivity contribution is -0.151. The Morgan fingerprint density at radius 2 is 1.70 bits per heavy atom. The number of nitrogens with zero attached hydrogens (tertiary/aromatic N) is 1. The van der Waals surface area contributed by atoms with Crippen molar-refractivity contribution in [1.29, 1.82) is 0 Å². The number of benzene rings is 2. The van der Waals surface area contributed by atoms with Crippen LogP contribution < -0.4 is 0 Å². The van der Waals surface area contributed by atoms with Gasteiger partial charge in [0.15, 0.2) is 6.04 Å². The number of hydrogen-bond donors (Lipinski definition) is 1. The van der Waals surface area contributed by atoms with Crippen molar-refractivity contribution >= 4 is 12.1 Å². The van der Waals surface area contributed by atoms with Gasteiger partial charge < -0.3 is 14.6 Å². The first-order valence-electron chi connectivity index (χ1n) is 9.02. The van der Waals surface area contributed by atoms with Crippen LogP contribution in [-0.4, -0.2) is 54.0 Å². The van der Waals surface area contributed by atoms with Crippen molar-refractivity contribution in [2.75, 3.05) is 19.8 Å². The third-order valence-corrected chi connectivity index (χ3v) is 5.22.